The van der Waals surface area contributed by atoms with Crippen molar-refractivity contribution in [1.82, 2.24) is 15.1 Å². The largest absolute Gasteiger partial charge is 0.374 e. The van der Waals surface area contributed by atoms with Crippen LogP contribution < -0.4 is 5.32 Å². The Morgan fingerprint density at radius 2 is 1.90 bits per heavy atom. The summed E-state index contributed by atoms with van der Waals surface area (Å²) >= 11 is 0. The smallest absolute Gasteiger partial charge is 0.246 e. The Bertz CT molecular complexity index is 712. The van der Waals surface area contributed by atoms with E-state index >= 15 is 0 Å². The van der Waals surface area contributed by atoms with E-state index in [1.807, 2.05) is 41.3 Å². The average molecular weight is 414 g/mol. The summed E-state index contributed by atoms with van der Waals surface area (Å²) in [5.41, 5.74) is 1.01. The summed E-state index contributed by atoms with van der Waals surface area (Å²) in [7, 11) is 0. The van der Waals surface area contributed by atoms with Gasteiger partial charge < -0.3 is 15.0 Å². The summed E-state index contributed by atoms with van der Waals surface area (Å²) in [5.74, 6) is 0.710. The predicted molar refractivity (Wildman–Crippen MR) is 119 cm³/mol. The van der Waals surface area contributed by atoms with E-state index in [1.54, 1.807) is 6.08 Å². The minimum atomic E-state index is -0.0255. The maximum atomic E-state index is 12.6. The molecular formula is C24H35N3O3. The summed E-state index contributed by atoms with van der Waals surface area (Å²) in [6, 6.07) is 9.80. The third kappa shape index (κ3) is 6.96. The normalized spacial score (nSPS) is 21.3. The Hall–Kier alpha value is -2.18. The highest BCUT2D eigenvalue weighted by atomic mass is 16.5. The number of carbonyl (C=O) groups is 2. The van der Waals surface area contributed by atoms with Crippen molar-refractivity contribution in [3.05, 3.63) is 42.0 Å². The van der Waals surface area contributed by atoms with E-state index in [0.717, 1.165) is 31.8 Å². The van der Waals surface area contributed by atoms with Crippen molar-refractivity contribution in [2.45, 2.75) is 32.8 Å². The van der Waals surface area contributed by atoms with Crippen LogP contribution in [-0.4, -0.2) is 73.6 Å². The minimum absolute atomic E-state index is 0.0126. The van der Waals surface area contributed by atoms with Gasteiger partial charge >= 0.3 is 0 Å². The van der Waals surface area contributed by atoms with E-state index in [1.165, 1.54) is 0 Å². The molecule has 6 heteroatoms. The molecule has 2 saturated heterocycles. The summed E-state index contributed by atoms with van der Waals surface area (Å²) in [6.07, 6.45) is 4.95. The van der Waals surface area contributed by atoms with E-state index in [0.29, 0.717) is 38.4 Å². The van der Waals surface area contributed by atoms with Crippen molar-refractivity contribution in [3.63, 3.8) is 0 Å². The monoisotopic (exact) mass is 413 g/mol. The highest BCUT2D eigenvalue weighted by Crippen LogP contribution is 2.18. The number of amides is 2. The number of carbonyl (C=O) groups excluding carboxylic acids is 2. The van der Waals surface area contributed by atoms with E-state index in [-0.39, 0.29) is 23.8 Å². The van der Waals surface area contributed by atoms with Gasteiger partial charge in [0.2, 0.25) is 11.8 Å². The van der Waals surface area contributed by atoms with Gasteiger partial charge in [-0.15, -0.1) is 0 Å². The Morgan fingerprint density at radius 1 is 1.17 bits per heavy atom. The third-order valence-corrected chi connectivity index (χ3v) is 5.75. The summed E-state index contributed by atoms with van der Waals surface area (Å²) in [4.78, 5) is 29.2. The molecule has 2 amide bonds. The first-order valence-electron chi connectivity index (χ1n) is 11.1. The third-order valence-electron chi connectivity index (χ3n) is 5.75. The van der Waals surface area contributed by atoms with Crippen molar-refractivity contribution in [2.75, 3.05) is 45.9 Å². The highest BCUT2D eigenvalue weighted by Gasteiger charge is 2.28. The predicted octanol–water partition coefficient (Wildman–Crippen LogP) is 2.41. The molecule has 1 aromatic carbocycles. The SMILES string of the molecule is CC(C)CN1CCOC(CNC(=O)C2CCN(C(=O)/C=C/c3ccccc3)CC2)C1. The first-order chi connectivity index (χ1) is 14.5. The molecule has 0 spiro atoms. The molecule has 1 aromatic rings. The number of nitrogens with zero attached hydrogens (tertiary/aromatic N) is 2. The maximum Gasteiger partial charge on any atom is 0.246 e. The van der Waals surface area contributed by atoms with Crippen molar-refractivity contribution in [3.8, 4) is 0 Å². The molecule has 1 N–H and O–H groups in total. The van der Waals surface area contributed by atoms with Gasteiger partial charge in [0.25, 0.3) is 0 Å². The van der Waals surface area contributed by atoms with Gasteiger partial charge in [-0.05, 0) is 30.4 Å². The van der Waals surface area contributed by atoms with Gasteiger partial charge in [-0.1, -0.05) is 44.2 Å². The standard InChI is InChI=1S/C24H35N3O3/c1-19(2)17-26-14-15-30-22(18-26)16-25-24(29)21-10-12-27(13-11-21)23(28)9-8-20-6-4-3-5-7-20/h3-9,19,21-22H,10-18H2,1-2H3,(H,25,29)/b9-8+. The molecule has 164 valence electrons. The van der Waals surface area contributed by atoms with Crippen LogP contribution in [-0.2, 0) is 14.3 Å². The zero-order valence-electron chi connectivity index (χ0n) is 18.3. The number of likely N-dealkylation sites (tertiary alicyclic amines) is 1. The van der Waals surface area contributed by atoms with Crippen molar-refractivity contribution < 1.29 is 14.3 Å². The van der Waals surface area contributed by atoms with Gasteiger partial charge in [0.05, 0.1) is 12.7 Å². The molecule has 0 bridgehead atoms. The first kappa shape index (κ1) is 22.5. The van der Waals surface area contributed by atoms with Gasteiger partial charge in [-0.3, -0.25) is 14.5 Å². The van der Waals surface area contributed by atoms with Gasteiger partial charge in [-0.25, -0.2) is 0 Å². The molecule has 1 unspecified atom stereocenters. The minimum Gasteiger partial charge on any atom is -0.374 e. The topological polar surface area (TPSA) is 61.9 Å². The Morgan fingerprint density at radius 3 is 2.60 bits per heavy atom. The highest BCUT2D eigenvalue weighted by molar-refractivity contribution is 5.92. The molecule has 30 heavy (non-hydrogen) atoms. The lowest BCUT2D eigenvalue weighted by molar-refractivity contribution is -0.132. The molecule has 0 saturated carbocycles. The molecule has 3 rings (SSSR count). The molecule has 2 fully saturated rings. The fraction of sp³-hybridized carbons (Fsp3) is 0.583. The van der Waals surface area contributed by atoms with Gasteiger partial charge in [0.15, 0.2) is 0 Å². The molecule has 2 heterocycles. The van der Waals surface area contributed by atoms with Crippen molar-refractivity contribution in [1.29, 1.82) is 0 Å². The van der Waals surface area contributed by atoms with Crippen LogP contribution >= 0.6 is 0 Å². The number of nitrogens with one attached hydrogen (secondary N) is 1. The number of rotatable bonds is 7. The number of morpholine rings is 1. The number of hydrogen-bond donors (Lipinski definition) is 1. The molecule has 6 nitrogen and oxygen atoms in total. The number of piperidine rings is 1. The van der Waals surface area contributed by atoms with Crippen LogP contribution in [0.1, 0.15) is 32.3 Å². The number of ether oxygens (including phenoxy) is 1. The lowest BCUT2D eigenvalue weighted by Gasteiger charge is -2.34. The molecule has 2 aliphatic rings. The molecule has 0 aromatic heterocycles. The quantitative estimate of drug-likeness (QED) is 0.698. The van der Waals surface area contributed by atoms with Crippen LogP contribution in [0.15, 0.2) is 36.4 Å². The second kappa shape index (κ2) is 11.3. The molecule has 0 radical (unpaired) electrons. The first-order valence-corrected chi connectivity index (χ1v) is 11.1. The average Bonchev–Trinajstić information content (AvgIpc) is 2.76. The van der Waals surface area contributed by atoms with Crippen LogP contribution in [0.25, 0.3) is 6.08 Å². The van der Waals surface area contributed by atoms with E-state index in [4.69, 9.17) is 4.74 Å². The Balaban J connectivity index is 1.37. The molecular weight excluding hydrogens is 378 g/mol. The van der Waals surface area contributed by atoms with Crippen LogP contribution in [0.4, 0.5) is 0 Å². The fourth-order valence-corrected chi connectivity index (χ4v) is 4.14. The van der Waals surface area contributed by atoms with Crippen molar-refractivity contribution in [2.24, 2.45) is 11.8 Å². The second-order valence-electron chi connectivity index (χ2n) is 8.73. The van der Waals surface area contributed by atoms with Gasteiger partial charge in [0, 0.05) is 51.3 Å². The van der Waals surface area contributed by atoms with Crippen LogP contribution in [0, 0.1) is 11.8 Å². The molecule has 1 atom stereocenters. The summed E-state index contributed by atoms with van der Waals surface area (Å²) in [5, 5.41) is 3.08. The lowest BCUT2D eigenvalue weighted by Crippen LogP contribution is -2.49. The summed E-state index contributed by atoms with van der Waals surface area (Å²) in [6.45, 7) is 9.89. The molecule has 2 aliphatic heterocycles. The second-order valence-corrected chi connectivity index (χ2v) is 8.73. The van der Waals surface area contributed by atoms with Crippen LogP contribution in [0.2, 0.25) is 0 Å². The zero-order chi connectivity index (χ0) is 21.3. The fourth-order valence-electron chi connectivity index (χ4n) is 4.14. The number of hydrogen-bond acceptors (Lipinski definition) is 4. The lowest BCUT2D eigenvalue weighted by atomic mass is 9.95. The zero-order valence-corrected chi connectivity index (χ0v) is 18.3. The van der Waals surface area contributed by atoms with Crippen molar-refractivity contribution >= 4 is 17.9 Å². The Labute approximate surface area is 180 Å². The molecule has 0 aliphatic carbocycles. The van der Waals surface area contributed by atoms with Gasteiger partial charge in [-0.2, -0.15) is 0 Å². The maximum absolute atomic E-state index is 12.6. The Kier molecular flexibility index (Phi) is 8.46. The number of benzene rings is 1. The van der Waals surface area contributed by atoms with Crippen LogP contribution in [0.5, 0.6) is 0 Å². The van der Waals surface area contributed by atoms with E-state index in [2.05, 4.69) is 24.1 Å². The summed E-state index contributed by atoms with van der Waals surface area (Å²) < 4.78 is 5.82. The van der Waals surface area contributed by atoms with E-state index < -0.39 is 0 Å². The van der Waals surface area contributed by atoms with Crippen LogP contribution in [0.3, 0.4) is 0 Å². The van der Waals surface area contributed by atoms with Gasteiger partial charge in [0.1, 0.15) is 0 Å². The van der Waals surface area contributed by atoms with E-state index in [9.17, 15) is 9.59 Å².